The second-order valence-corrected chi connectivity index (χ2v) is 2.82. The van der Waals surface area contributed by atoms with Gasteiger partial charge in [0.2, 0.25) is 0 Å². The molecule has 0 aliphatic carbocycles. The molecule has 0 atom stereocenters. The number of hydrogen-bond acceptors (Lipinski definition) is 1. The minimum Gasteiger partial charge on any atom is -0.477 e. The van der Waals surface area contributed by atoms with Gasteiger partial charge in [-0.25, -0.2) is 18.0 Å². The van der Waals surface area contributed by atoms with Gasteiger partial charge in [-0.05, 0) is 5.46 Å². The molecule has 0 fully saturated rings. The number of carboxylic acids is 1. The lowest BCUT2D eigenvalue weighted by Gasteiger charge is -2.18. The van der Waals surface area contributed by atoms with E-state index in [2.05, 4.69) is 0 Å². The van der Waals surface area contributed by atoms with Gasteiger partial charge >= 0.3 is 12.9 Å². The smallest absolute Gasteiger partial charge is 0.477 e. The number of carboxylic acid groups (broad SMARTS) is 1. The maximum atomic E-state index is 13.0. The number of hydrogen-bond donors (Lipinski definition) is 1. The molecule has 1 aromatic carbocycles. The van der Waals surface area contributed by atoms with Gasteiger partial charge in [0.1, 0.15) is 23.0 Å². The molecule has 1 N–H and O–H groups in total. The van der Waals surface area contributed by atoms with Gasteiger partial charge in [-0.1, -0.05) is 0 Å². The van der Waals surface area contributed by atoms with E-state index in [1.807, 2.05) is 0 Å². The number of benzene rings is 1. The van der Waals surface area contributed by atoms with Gasteiger partial charge in [-0.3, -0.25) is 0 Å². The lowest BCUT2D eigenvalue weighted by atomic mass is 9.78. The van der Waals surface area contributed by atoms with Crippen LogP contribution in [0, 0.1) is 17.5 Å². The van der Waals surface area contributed by atoms with Crippen molar-refractivity contribution in [3.05, 3.63) is 29.1 Å². The second-order valence-electron chi connectivity index (χ2n) is 2.82. The molecule has 0 radical (unpaired) electrons. The third kappa shape index (κ3) is 1.97. The Bertz CT molecular complexity index is 455. The Morgan fingerprint density at radius 1 is 1.12 bits per heavy atom. The van der Waals surface area contributed by atoms with Crippen molar-refractivity contribution in [2.75, 3.05) is 0 Å². The van der Waals surface area contributed by atoms with Gasteiger partial charge in [-0.2, -0.15) is 0 Å². The zero-order chi connectivity index (χ0) is 12.7. The van der Waals surface area contributed by atoms with Crippen LogP contribution in [0.15, 0.2) is 6.07 Å². The van der Waals surface area contributed by atoms with Crippen molar-refractivity contribution in [1.82, 2.24) is 0 Å². The van der Waals surface area contributed by atoms with Crippen LogP contribution in [0.4, 0.5) is 26.1 Å². The van der Waals surface area contributed by atoms with Crippen molar-refractivity contribution in [2.45, 2.75) is 0 Å². The quantitative estimate of drug-likeness (QED) is 0.635. The number of rotatable bonds is 2. The van der Waals surface area contributed by atoms with E-state index in [1.165, 1.54) is 0 Å². The summed E-state index contributed by atoms with van der Waals surface area (Å²) in [6, 6.07) is -0.308. The molecular weight excluding hydrogens is 241 g/mol. The third-order valence-corrected chi connectivity index (χ3v) is 1.75. The molecule has 0 heterocycles. The molecule has 88 valence electrons. The first-order valence-corrected chi connectivity index (χ1v) is 3.77. The van der Waals surface area contributed by atoms with Crippen LogP contribution in [0.5, 0.6) is 0 Å². The molecule has 0 aliphatic heterocycles. The van der Waals surface area contributed by atoms with Crippen LogP contribution in [0.1, 0.15) is 10.4 Å². The van der Waals surface area contributed by atoms with Crippen molar-refractivity contribution >= 4 is 18.4 Å². The zero-order valence-corrected chi connectivity index (χ0v) is 7.28. The summed E-state index contributed by atoms with van der Waals surface area (Å²) in [4.78, 5) is 10.3. The van der Waals surface area contributed by atoms with Gasteiger partial charge in [0.25, 0.3) is 0 Å². The maximum absolute atomic E-state index is 13.0. The fraction of sp³-hybridized carbons (Fsp3) is 0. The van der Waals surface area contributed by atoms with Crippen LogP contribution in [0.25, 0.3) is 0 Å². The monoisotopic (exact) mass is 243 g/mol. The van der Waals surface area contributed by atoms with Crippen LogP contribution in [0.3, 0.4) is 0 Å². The second kappa shape index (κ2) is 3.73. The maximum Gasteiger partial charge on any atom is 0.515 e. The first-order valence-electron chi connectivity index (χ1n) is 3.77. The summed E-state index contributed by atoms with van der Waals surface area (Å²) in [5.41, 5.74) is -4.19. The van der Waals surface area contributed by atoms with E-state index in [1.54, 1.807) is 0 Å². The summed E-state index contributed by atoms with van der Waals surface area (Å²) in [6.45, 7) is -6.10. The third-order valence-electron chi connectivity index (χ3n) is 1.75. The highest BCUT2D eigenvalue weighted by Crippen LogP contribution is 2.19. The molecule has 0 aromatic heterocycles. The molecule has 0 saturated heterocycles. The van der Waals surface area contributed by atoms with Crippen LogP contribution in [-0.4, -0.2) is 18.1 Å². The molecule has 0 bridgehead atoms. The predicted octanol–water partition coefficient (Wildman–Crippen LogP) is 1.86. The van der Waals surface area contributed by atoms with Crippen LogP contribution < -0.4 is 5.46 Å². The number of aromatic carboxylic acids is 1. The summed E-state index contributed by atoms with van der Waals surface area (Å²) < 4.78 is 74.8. The Kier molecular flexibility index (Phi) is 2.89. The van der Waals surface area contributed by atoms with Gasteiger partial charge < -0.3 is 18.1 Å². The fourth-order valence-electron chi connectivity index (χ4n) is 1.10. The lowest BCUT2D eigenvalue weighted by Crippen LogP contribution is -2.41. The Morgan fingerprint density at radius 3 is 2.00 bits per heavy atom. The summed E-state index contributed by atoms with van der Waals surface area (Å²) in [5.74, 6) is -8.76. The minimum atomic E-state index is -6.10. The number of halogens is 6. The molecule has 2 nitrogen and oxygen atoms in total. The van der Waals surface area contributed by atoms with Crippen LogP contribution in [-0.2, 0) is 0 Å². The SMILES string of the molecule is O=C(O)c1c(F)cc(F)c([B-](F)(F)F)c1F. The van der Waals surface area contributed by atoms with Gasteiger partial charge in [0, 0.05) is 6.07 Å². The van der Waals surface area contributed by atoms with Gasteiger partial charge in [0.05, 0.1) is 0 Å². The Morgan fingerprint density at radius 2 is 1.62 bits per heavy atom. The average Bonchev–Trinajstić information content (AvgIpc) is 1.97. The van der Waals surface area contributed by atoms with Gasteiger partial charge in [-0.15, -0.1) is 0 Å². The van der Waals surface area contributed by atoms with E-state index in [0.29, 0.717) is 0 Å². The topological polar surface area (TPSA) is 37.3 Å². The standard InChI is InChI=1S/C7H2BF6O2/c9-2-1-3(10)5(8(12,13)14)6(11)4(2)7(15)16/h1H,(H,15,16)/q-1. The Balaban J connectivity index is 3.65. The molecule has 1 aromatic rings. The molecule has 0 unspecified atom stereocenters. The average molecular weight is 243 g/mol. The van der Waals surface area contributed by atoms with E-state index in [-0.39, 0.29) is 6.07 Å². The number of carbonyl (C=O) groups is 1. The molecule has 9 heteroatoms. The van der Waals surface area contributed by atoms with Crippen molar-refractivity contribution in [3.63, 3.8) is 0 Å². The fourth-order valence-corrected chi connectivity index (χ4v) is 1.10. The van der Waals surface area contributed by atoms with E-state index in [4.69, 9.17) is 5.11 Å². The van der Waals surface area contributed by atoms with E-state index < -0.39 is 41.4 Å². The molecule has 16 heavy (non-hydrogen) atoms. The van der Waals surface area contributed by atoms with E-state index in [0.717, 1.165) is 0 Å². The van der Waals surface area contributed by atoms with E-state index in [9.17, 15) is 30.9 Å². The normalized spacial score (nSPS) is 11.6. The van der Waals surface area contributed by atoms with E-state index >= 15 is 0 Å². The first kappa shape index (κ1) is 12.4. The summed E-state index contributed by atoms with van der Waals surface area (Å²) in [5, 5.41) is 8.26. The largest absolute Gasteiger partial charge is 0.515 e. The molecule has 0 saturated carbocycles. The molecule has 0 aliphatic rings. The molecule has 0 amide bonds. The minimum absolute atomic E-state index is 0.308. The summed E-state index contributed by atoms with van der Waals surface area (Å²) in [6.07, 6.45) is 0. The highest BCUT2D eigenvalue weighted by atomic mass is 19.4. The summed E-state index contributed by atoms with van der Waals surface area (Å²) >= 11 is 0. The van der Waals surface area contributed by atoms with Crippen LogP contribution in [0.2, 0.25) is 0 Å². The predicted molar refractivity (Wildman–Crippen MR) is 42.0 cm³/mol. The molecule has 0 spiro atoms. The summed E-state index contributed by atoms with van der Waals surface area (Å²) in [7, 11) is 0. The molecule has 1 rings (SSSR count). The Hall–Kier alpha value is -1.67. The van der Waals surface area contributed by atoms with Crippen LogP contribution >= 0.6 is 0 Å². The first-order chi connectivity index (χ1) is 7.16. The van der Waals surface area contributed by atoms with Gasteiger partial charge in [0.15, 0.2) is 0 Å². The van der Waals surface area contributed by atoms with Crippen molar-refractivity contribution < 1.29 is 36.0 Å². The lowest BCUT2D eigenvalue weighted by molar-refractivity contribution is 0.0686. The van der Waals surface area contributed by atoms with Crippen molar-refractivity contribution in [3.8, 4) is 0 Å². The highest BCUT2D eigenvalue weighted by molar-refractivity contribution is 6.73. The van der Waals surface area contributed by atoms with Crippen molar-refractivity contribution in [2.24, 2.45) is 0 Å². The molecular formula is C7H2BF6O2-. The van der Waals surface area contributed by atoms with Crippen molar-refractivity contribution in [1.29, 1.82) is 0 Å². The Labute approximate surface area is 84.6 Å². The zero-order valence-electron chi connectivity index (χ0n) is 7.28. The highest BCUT2D eigenvalue weighted by Gasteiger charge is 2.36.